The second kappa shape index (κ2) is 6.22. The van der Waals surface area contributed by atoms with E-state index < -0.39 is 0 Å². The predicted molar refractivity (Wildman–Crippen MR) is 53.2 cm³/mol. The summed E-state index contributed by atoms with van der Waals surface area (Å²) in [4.78, 5) is 11.3. The zero-order valence-corrected chi connectivity index (χ0v) is 8.89. The maximum absolute atomic E-state index is 11.3. The van der Waals surface area contributed by atoms with Gasteiger partial charge in [-0.15, -0.1) is 0 Å². The van der Waals surface area contributed by atoms with Crippen LogP contribution in [-0.2, 0) is 4.79 Å². The maximum Gasteiger partial charge on any atom is 0.133 e. The molecule has 1 atom stereocenters. The van der Waals surface area contributed by atoms with E-state index >= 15 is 0 Å². The van der Waals surface area contributed by atoms with Gasteiger partial charge in [0.1, 0.15) is 5.78 Å². The first kappa shape index (κ1) is 11.7. The molecule has 1 heteroatoms. The van der Waals surface area contributed by atoms with Crippen molar-refractivity contribution < 1.29 is 4.79 Å². The lowest BCUT2D eigenvalue weighted by Crippen LogP contribution is -2.07. The van der Waals surface area contributed by atoms with Crippen LogP contribution in [0, 0.1) is 11.8 Å². The van der Waals surface area contributed by atoms with Crippen LogP contribution in [0.5, 0.6) is 0 Å². The van der Waals surface area contributed by atoms with E-state index in [4.69, 9.17) is 0 Å². The molecule has 0 N–H and O–H groups in total. The van der Waals surface area contributed by atoms with Gasteiger partial charge in [-0.3, -0.25) is 4.79 Å². The van der Waals surface area contributed by atoms with Crippen LogP contribution in [-0.4, -0.2) is 5.78 Å². The van der Waals surface area contributed by atoms with Gasteiger partial charge in [0.25, 0.3) is 0 Å². The van der Waals surface area contributed by atoms with E-state index in [-0.39, 0.29) is 0 Å². The molecule has 0 saturated carbocycles. The molecule has 0 aromatic heterocycles. The summed E-state index contributed by atoms with van der Waals surface area (Å²) in [6.07, 6.45) is 3.92. The number of rotatable bonds is 6. The molecule has 12 heavy (non-hydrogen) atoms. The Morgan fingerprint density at radius 1 is 1.17 bits per heavy atom. The lowest BCUT2D eigenvalue weighted by molar-refractivity contribution is -0.120. The van der Waals surface area contributed by atoms with Crippen molar-refractivity contribution in [1.82, 2.24) is 0 Å². The molecule has 0 saturated heterocycles. The highest BCUT2D eigenvalue weighted by molar-refractivity contribution is 5.78. The van der Waals surface area contributed by atoms with E-state index in [1.165, 1.54) is 12.8 Å². The highest BCUT2D eigenvalue weighted by atomic mass is 16.1. The minimum Gasteiger partial charge on any atom is -0.300 e. The fourth-order valence-corrected chi connectivity index (χ4v) is 1.52. The summed E-state index contributed by atoms with van der Waals surface area (Å²) in [5.41, 5.74) is 0. The predicted octanol–water partition coefficient (Wildman–Crippen LogP) is 3.43. The smallest absolute Gasteiger partial charge is 0.133 e. The molecule has 0 fully saturated rings. The van der Waals surface area contributed by atoms with Crippen molar-refractivity contribution >= 4 is 5.78 Å². The highest BCUT2D eigenvalue weighted by Gasteiger charge is 2.09. The number of Topliss-reactive ketones (excluding diaryl/α,β-unsaturated/α-hetero) is 1. The fraction of sp³-hybridized carbons (Fsp3) is 0.909. The number of carbonyl (C=O) groups excluding carboxylic acids is 1. The normalized spacial score (nSPS) is 13.4. The minimum absolute atomic E-state index is 0.436. The van der Waals surface area contributed by atoms with E-state index in [0.717, 1.165) is 12.8 Å². The number of carbonyl (C=O) groups is 1. The van der Waals surface area contributed by atoms with Crippen molar-refractivity contribution in [3.8, 4) is 0 Å². The molecule has 1 nitrogen and oxygen atoms in total. The molecular formula is C11H22O. The minimum atomic E-state index is 0.436. The van der Waals surface area contributed by atoms with Gasteiger partial charge in [0, 0.05) is 12.8 Å². The molecule has 0 radical (unpaired) electrons. The Labute approximate surface area is 76.6 Å². The first-order chi connectivity index (χ1) is 5.56. The molecule has 0 bridgehead atoms. The van der Waals surface area contributed by atoms with E-state index in [9.17, 15) is 4.79 Å². The first-order valence-electron chi connectivity index (χ1n) is 5.08. The number of hydrogen-bond donors (Lipinski definition) is 0. The maximum atomic E-state index is 11.3. The van der Waals surface area contributed by atoms with Crippen LogP contribution >= 0.6 is 0 Å². The van der Waals surface area contributed by atoms with E-state index in [1.807, 2.05) is 0 Å². The molecular weight excluding hydrogens is 148 g/mol. The summed E-state index contributed by atoms with van der Waals surface area (Å²) in [6.45, 7) is 8.54. The summed E-state index contributed by atoms with van der Waals surface area (Å²) in [5, 5.41) is 0. The van der Waals surface area contributed by atoms with Crippen molar-refractivity contribution in [3.05, 3.63) is 0 Å². The van der Waals surface area contributed by atoms with Crippen molar-refractivity contribution in [2.24, 2.45) is 11.8 Å². The summed E-state index contributed by atoms with van der Waals surface area (Å²) < 4.78 is 0. The van der Waals surface area contributed by atoms with Crippen molar-refractivity contribution in [2.75, 3.05) is 0 Å². The average molecular weight is 170 g/mol. The SMILES string of the molecule is CCCC(C)CC(=O)CC(C)C. The molecule has 0 rings (SSSR count). The fourth-order valence-electron chi connectivity index (χ4n) is 1.52. The van der Waals surface area contributed by atoms with Gasteiger partial charge in [-0.1, -0.05) is 40.5 Å². The van der Waals surface area contributed by atoms with Crippen molar-refractivity contribution in [1.29, 1.82) is 0 Å². The zero-order chi connectivity index (χ0) is 9.56. The van der Waals surface area contributed by atoms with E-state index in [1.54, 1.807) is 0 Å². The Kier molecular flexibility index (Phi) is 6.04. The molecule has 1 unspecified atom stereocenters. The van der Waals surface area contributed by atoms with Gasteiger partial charge in [0.05, 0.1) is 0 Å². The largest absolute Gasteiger partial charge is 0.300 e. The van der Waals surface area contributed by atoms with Crippen LogP contribution in [0.2, 0.25) is 0 Å². The van der Waals surface area contributed by atoms with Crippen LogP contribution in [0.25, 0.3) is 0 Å². The van der Waals surface area contributed by atoms with Gasteiger partial charge in [-0.05, 0) is 11.8 Å². The molecule has 0 spiro atoms. The summed E-state index contributed by atoms with van der Waals surface area (Å²) >= 11 is 0. The van der Waals surface area contributed by atoms with E-state index in [0.29, 0.717) is 17.6 Å². The molecule has 0 aromatic rings. The molecule has 0 heterocycles. The Bertz CT molecular complexity index is 127. The second-order valence-corrected chi connectivity index (χ2v) is 4.23. The number of ketones is 1. The van der Waals surface area contributed by atoms with Crippen LogP contribution in [0.3, 0.4) is 0 Å². The summed E-state index contributed by atoms with van der Waals surface area (Å²) in [5.74, 6) is 1.54. The van der Waals surface area contributed by atoms with Crippen LogP contribution in [0.1, 0.15) is 53.4 Å². The highest BCUT2D eigenvalue weighted by Crippen LogP contribution is 2.13. The Balaban J connectivity index is 3.54. The van der Waals surface area contributed by atoms with Crippen LogP contribution in [0.4, 0.5) is 0 Å². The van der Waals surface area contributed by atoms with Gasteiger partial charge < -0.3 is 0 Å². The van der Waals surface area contributed by atoms with E-state index in [2.05, 4.69) is 27.7 Å². The Morgan fingerprint density at radius 3 is 2.17 bits per heavy atom. The molecule has 72 valence electrons. The van der Waals surface area contributed by atoms with Gasteiger partial charge in [-0.25, -0.2) is 0 Å². The molecule has 0 aromatic carbocycles. The standard InChI is InChI=1S/C11H22O/c1-5-6-10(4)8-11(12)7-9(2)3/h9-10H,5-8H2,1-4H3. The topological polar surface area (TPSA) is 17.1 Å². The third-order valence-corrected chi connectivity index (χ3v) is 1.99. The van der Waals surface area contributed by atoms with Crippen molar-refractivity contribution in [3.63, 3.8) is 0 Å². The lowest BCUT2D eigenvalue weighted by atomic mass is 9.95. The van der Waals surface area contributed by atoms with Gasteiger partial charge >= 0.3 is 0 Å². The molecule has 0 aliphatic rings. The van der Waals surface area contributed by atoms with Crippen molar-refractivity contribution in [2.45, 2.75) is 53.4 Å². The van der Waals surface area contributed by atoms with Gasteiger partial charge in [-0.2, -0.15) is 0 Å². The zero-order valence-electron chi connectivity index (χ0n) is 8.89. The number of hydrogen-bond acceptors (Lipinski definition) is 1. The third-order valence-electron chi connectivity index (χ3n) is 1.99. The molecule has 0 aliphatic heterocycles. The summed E-state index contributed by atoms with van der Waals surface area (Å²) in [7, 11) is 0. The first-order valence-corrected chi connectivity index (χ1v) is 5.08. The average Bonchev–Trinajstić information content (AvgIpc) is 1.84. The molecule has 0 amide bonds. The summed E-state index contributed by atoms with van der Waals surface area (Å²) in [6, 6.07) is 0. The van der Waals surface area contributed by atoms with Gasteiger partial charge in [0.2, 0.25) is 0 Å². The van der Waals surface area contributed by atoms with Gasteiger partial charge in [0.15, 0.2) is 0 Å². The monoisotopic (exact) mass is 170 g/mol. The second-order valence-electron chi connectivity index (χ2n) is 4.23. The van der Waals surface area contributed by atoms with Crippen LogP contribution in [0.15, 0.2) is 0 Å². The Hall–Kier alpha value is -0.330. The third kappa shape index (κ3) is 6.38. The molecule has 0 aliphatic carbocycles. The lowest BCUT2D eigenvalue weighted by Gasteiger charge is -2.09. The Morgan fingerprint density at radius 2 is 1.75 bits per heavy atom. The quantitative estimate of drug-likeness (QED) is 0.597. The van der Waals surface area contributed by atoms with Crippen LogP contribution < -0.4 is 0 Å².